The maximum atomic E-state index is 13.4. The molecular weight excluding hydrogens is 464 g/mol. The zero-order valence-corrected chi connectivity index (χ0v) is 20.3. The zero-order chi connectivity index (χ0) is 26.2. The third-order valence-electron chi connectivity index (χ3n) is 5.94. The highest BCUT2D eigenvalue weighted by Gasteiger charge is 2.42. The van der Waals surface area contributed by atoms with E-state index in [0.29, 0.717) is 30.0 Å². The van der Waals surface area contributed by atoms with Crippen molar-refractivity contribution >= 4 is 29.4 Å². The van der Waals surface area contributed by atoms with Crippen molar-refractivity contribution < 1.29 is 29.1 Å². The van der Waals surface area contributed by atoms with E-state index in [0.717, 1.165) is 11.1 Å². The van der Waals surface area contributed by atoms with E-state index in [4.69, 9.17) is 9.47 Å². The second kappa shape index (κ2) is 12.0. The highest BCUT2D eigenvalue weighted by molar-refractivity contribution is 6.06. The van der Waals surface area contributed by atoms with Crippen LogP contribution in [0.3, 0.4) is 0 Å². The molecular formula is C27H28N2O7. The van der Waals surface area contributed by atoms with E-state index >= 15 is 0 Å². The van der Waals surface area contributed by atoms with Gasteiger partial charge in [-0.3, -0.25) is 19.9 Å². The molecule has 1 heterocycles. The first kappa shape index (κ1) is 26.5. The average molecular weight is 493 g/mol. The van der Waals surface area contributed by atoms with Gasteiger partial charge in [0.25, 0.3) is 5.69 Å². The van der Waals surface area contributed by atoms with E-state index in [1.54, 1.807) is 27.0 Å². The normalized spacial score (nSPS) is 18.0. The summed E-state index contributed by atoms with van der Waals surface area (Å²) in [5.74, 6) is -4.07. The first-order chi connectivity index (χ1) is 17.2. The number of hydrogen-bond acceptors (Lipinski definition) is 7. The Bertz CT molecular complexity index is 1230. The lowest BCUT2D eigenvalue weighted by atomic mass is 9.75. The van der Waals surface area contributed by atoms with Gasteiger partial charge in [-0.2, -0.15) is 0 Å². The highest BCUT2D eigenvalue weighted by Crippen LogP contribution is 2.40. The van der Waals surface area contributed by atoms with Crippen molar-refractivity contribution in [2.24, 2.45) is 10.9 Å². The molecule has 0 saturated carbocycles. The topological polar surface area (TPSA) is 128 Å². The van der Waals surface area contributed by atoms with E-state index in [-0.39, 0.29) is 17.9 Å². The van der Waals surface area contributed by atoms with Gasteiger partial charge in [-0.1, -0.05) is 48.5 Å². The fourth-order valence-corrected chi connectivity index (χ4v) is 4.25. The van der Waals surface area contributed by atoms with Crippen LogP contribution in [0.15, 0.2) is 76.4 Å². The molecule has 2 atom stereocenters. The maximum absolute atomic E-state index is 13.4. The van der Waals surface area contributed by atoms with Crippen LogP contribution in [0.4, 0.5) is 5.69 Å². The van der Waals surface area contributed by atoms with E-state index in [2.05, 4.69) is 4.99 Å². The number of ether oxygens (including phenoxy) is 2. The standard InChI is InChI=1S/C27H28N2O7/c1-17-23(26(30)31)25(21-10-7-11-22(15-21)29(33)34)24(18(2)28-17)27(32)36-16-20(12-13-35-3)14-19-8-5-4-6-9-19/h4-11,14-15,23,25H,12-13,16H2,1-3H3,(H,30,31). The summed E-state index contributed by atoms with van der Waals surface area (Å²) >= 11 is 0. The van der Waals surface area contributed by atoms with Crippen LogP contribution in [-0.2, 0) is 19.1 Å². The van der Waals surface area contributed by atoms with E-state index in [1.165, 1.54) is 18.2 Å². The molecule has 0 bridgehead atoms. The maximum Gasteiger partial charge on any atom is 0.336 e. The van der Waals surface area contributed by atoms with Crippen molar-refractivity contribution in [2.45, 2.75) is 26.2 Å². The molecule has 9 heteroatoms. The molecule has 9 nitrogen and oxygen atoms in total. The molecule has 1 aliphatic rings. The van der Waals surface area contributed by atoms with Crippen LogP contribution < -0.4 is 0 Å². The lowest BCUT2D eigenvalue weighted by Crippen LogP contribution is -2.35. The minimum Gasteiger partial charge on any atom is -0.481 e. The molecule has 0 aromatic heterocycles. The predicted molar refractivity (Wildman–Crippen MR) is 135 cm³/mol. The Morgan fingerprint density at radius 1 is 1.14 bits per heavy atom. The predicted octanol–water partition coefficient (Wildman–Crippen LogP) is 4.79. The fourth-order valence-electron chi connectivity index (χ4n) is 4.25. The smallest absolute Gasteiger partial charge is 0.336 e. The first-order valence-electron chi connectivity index (χ1n) is 11.4. The van der Waals surface area contributed by atoms with Crippen LogP contribution in [-0.4, -0.2) is 48.0 Å². The molecule has 1 N–H and O–H groups in total. The molecule has 0 saturated heterocycles. The molecule has 0 spiro atoms. The number of allylic oxidation sites excluding steroid dienone is 1. The Kier molecular flexibility index (Phi) is 8.86. The number of carboxylic acid groups (broad SMARTS) is 1. The summed E-state index contributed by atoms with van der Waals surface area (Å²) < 4.78 is 10.8. The van der Waals surface area contributed by atoms with Gasteiger partial charge in [0.2, 0.25) is 0 Å². The number of carbonyl (C=O) groups excluding carboxylic acids is 1. The van der Waals surface area contributed by atoms with Crippen LogP contribution >= 0.6 is 0 Å². The van der Waals surface area contributed by atoms with Crippen LogP contribution in [0.25, 0.3) is 6.08 Å². The molecule has 0 amide bonds. The van der Waals surface area contributed by atoms with E-state index in [9.17, 15) is 24.8 Å². The number of aliphatic carboxylic acids is 1. The second-order valence-corrected chi connectivity index (χ2v) is 8.43. The van der Waals surface area contributed by atoms with Crippen molar-refractivity contribution in [3.05, 3.63) is 92.7 Å². The molecule has 36 heavy (non-hydrogen) atoms. The zero-order valence-electron chi connectivity index (χ0n) is 20.3. The van der Waals surface area contributed by atoms with Crippen molar-refractivity contribution in [1.82, 2.24) is 0 Å². The number of hydrogen-bond donors (Lipinski definition) is 1. The lowest BCUT2D eigenvalue weighted by molar-refractivity contribution is -0.384. The van der Waals surface area contributed by atoms with Crippen LogP contribution in [0.2, 0.25) is 0 Å². The number of rotatable bonds is 10. The SMILES string of the molecule is COCCC(=Cc1ccccc1)COC(=O)C1=C(C)N=C(C)C(C(=O)O)C1c1cccc([N+](=O)[O-])c1. The van der Waals surface area contributed by atoms with Crippen molar-refractivity contribution in [1.29, 1.82) is 0 Å². The monoisotopic (exact) mass is 492 g/mol. The molecule has 0 radical (unpaired) electrons. The quantitative estimate of drug-likeness (QED) is 0.287. The van der Waals surface area contributed by atoms with Gasteiger partial charge in [0.05, 0.1) is 17.1 Å². The van der Waals surface area contributed by atoms with Gasteiger partial charge in [-0.15, -0.1) is 0 Å². The number of nitro benzene ring substituents is 1. The van der Waals surface area contributed by atoms with E-state index < -0.39 is 28.7 Å². The second-order valence-electron chi connectivity index (χ2n) is 8.43. The number of carbonyl (C=O) groups is 2. The van der Waals surface area contributed by atoms with Gasteiger partial charge in [0.1, 0.15) is 12.5 Å². The molecule has 2 unspecified atom stereocenters. The summed E-state index contributed by atoms with van der Waals surface area (Å²) in [4.78, 5) is 40.7. The number of carboxylic acids is 1. The molecule has 3 rings (SSSR count). The summed E-state index contributed by atoms with van der Waals surface area (Å²) in [7, 11) is 1.58. The summed E-state index contributed by atoms with van der Waals surface area (Å²) in [5, 5.41) is 21.3. The first-order valence-corrected chi connectivity index (χ1v) is 11.4. The summed E-state index contributed by atoms with van der Waals surface area (Å²) in [6.45, 7) is 3.57. The Labute approximate surface area is 208 Å². The number of esters is 1. The summed E-state index contributed by atoms with van der Waals surface area (Å²) in [5.41, 5.74) is 2.57. The third kappa shape index (κ3) is 6.31. The average Bonchev–Trinajstić information content (AvgIpc) is 2.85. The van der Waals surface area contributed by atoms with Crippen molar-refractivity contribution in [3.63, 3.8) is 0 Å². The largest absolute Gasteiger partial charge is 0.481 e. The molecule has 0 fully saturated rings. The number of benzene rings is 2. The van der Waals surface area contributed by atoms with Gasteiger partial charge in [0, 0.05) is 36.6 Å². The minimum atomic E-state index is -1.18. The van der Waals surface area contributed by atoms with Crippen LogP contribution in [0.5, 0.6) is 0 Å². The highest BCUT2D eigenvalue weighted by atomic mass is 16.6. The summed E-state index contributed by atoms with van der Waals surface area (Å²) in [6, 6.07) is 15.2. The minimum absolute atomic E-state index is 0.0318. The fraction of sp³-hybridized carbons (Fsp3) is 0.296. The molecule has 2 aromatic rings. The lowest BCUT2D eigenvalue weighted by Gasteiger charge is -2.30. The molecule has 1 aliphatic heterocycles. The van der Waals surface area contributed by atoms with Crippen molar-refractivity contribution in [2.75, 3.05) is 20.3 Å². The Hall–Kier alpha value is -4.11. The van der Waals surface area contributed by atoms with Crippen LogP contribution in [0.1, 0.15) is 37.3 Å². The number of methoxy groups -OCH3 is 1. The Balaban J connectivity index is 1.96. The number of nitrogens with zero attached hydrogens (tertiary/aromatic N) is 2. The van der Waals surface area contributed by atoms with Gasteiger partial charge in [0.15, 0.2) is 0 Å². The third-order valence-corrected chi connectivity index (χ3v) is 5.94. The van der Waals surface area contributed by atoms with Crippen molar-refractivity contribution in [3.8, 4) is 0 Å². The van der Waals surface area contributed by atoms with Gasteiger partial charge >= 0.3 is 11.9 Å². The van der Waals surface area contributed by atoms with Crippen LogP contribution in [0, 0.1) is 16.0 Å². The van der Waals surface area contributed by atoms with Gasteiger partial charge < -0.3 is 14.6 Å². The molecule has 188 valence electrons. The number of nitro groups is 1. The van der Waals surface area contributed by atoms with Gasteiger partial charge in [-0.05, 0) is 37.0 Å². The van der Waals surface area contributed by atoms with E-state index in [1.807, 2.05) is 36.4 Å². The molecule has 2 aromatic carbocycles. The molecule has 0 aliphatic carbocycles. The Morgan fingerprint density at radius 2 is 1.86 bits per heavy atom. The number of aliphatic imine (C=N–C) groups is 1. The number of non-ortho nitro benzene ring substituents is 1. The Morgan fingerprint density at radius 3 is 2.50 bits per heavy atom. The summed E-state index contributed by atoms with van der Waals surface area (Å²) in [6.07, 6.45) is 2.44. The van der Waals surface area contributed by atoms with Gasteiger partial charge in [-0.25, -0.2) is 4.79 Å².